The smallest absolute Gasteiger partial charge is 0.317 e. The van der Waals surface area contributed by atoms with Gasteiger partial charge in [-0.05, 0) is 17.7 Å². The Kier molecular flexibility index (Phi) is 3.98. The Morgan fingerprint density at radius 2 is 2.33 bits per heavy atom. The Morgan fingerprint density at radius 3 is 3.10 bits per heavy atom. The summed E-state index contributed by atoms with van der Waals surface area (Å²) in [6, 6.07) is 8.54. The normalized spacial score (nSPS) is 23.6. The fourth-order valence-electron chi connectivity index (χ4n) is 3.26. The molecule has 0 aromatic heterocycles. The molecule has 3 N–H and O–H groups in total. The third-order valence-corrected chi connectivity index (χ3v) is 4.41. The van der Waals surface area contributed by atoms with Gasteiger partial charge in [0.05, 0.1) is 13.2 Å². The van der Waals surface area contributed by atoms with Gasteiger partial charge in [-0.2, -0.15) is 0 Å². The highest BCUT2D eigenvalue weighted by Gasteiger charge is 2.37. The summed E-state index contributed by atoms with van der Waals surface area (Å²) in [5.41, 5.74) is 7.18. The molecule has 2 saturated heterocycles. The fraction of sp³-hybridized carbons (Fsp3) is 0.533. The van der Waals surface area contributed by atoms with Crippen LogP contribution in [0.2, 0.25) is 0 Å². The zero-order chi connectivity index (χ0) is 14.8. The van der Waals surface area contributed by atoms with Gasteiger partial charge in [-0.3, -0.25) is 4.90 Å². The zero-order valence-electron chi connectivity index (χ0n) is 12.3. The minimum Gasteiger partial charge on any atom is -0.497 e. The summed E-state index contributed by atoms with van der Waals surface area (Å²) in [6.45, 7) is 3.75. The van der Waals surface area contributed by atoms with E-state index in [2.05, 4.69) is 16.3 Å². The molecule has 1 aromatic rings. The number of carbonyl (C=O) groups excluding carboxylic acids is 1. The molecule has 2 atom stereocenters. The number of urea groups is 1. The van der Waals surface area contributed by atoms with E-state index < -0.39 is 0 Å². The molecule has 1 aromatic carbocycles. The van der Waals surface area contributed by atoms with Crippen molar-refractivity contribution < 1.29 is 9.53 Å². The second kappa shape index (κ2) is 5.91. The summed E-state index contributed by atoms with van der Waals surface area (Å²) < 4.78 is 5.30. The van der Waals surface area contributed by atoms with Crippen LogP contribution in [-0.2, 0) is 0 Å². The SMILES string of the molecule is COc1cccc(C(CN)N2CCN3C(=O)NCC3C2)c1. The molecule has 6 heteroatoms. The number of hydrogen-bond donors (Lipinski definition) is 2. The highest BCUT2D eigenvalue weighted by atomic mass is 16.5. The van der Waals surface area contributed by atoms with Crippen LogP contribution in [0.15, 0.2) is 24.3 Å². The molecule has 114 valence electrons. The third-order valence-electron chi connectivity index (χ3n) is 4.41. The van der Waals surface area contributed by atoms with Gasteiger partial charge in [-0.1, -0.05) is 12.1 Å². The average molecular weight is 290 g/mol. The molecule has 3 rings (SSSR count). The van der Waals surface area contributed by atoms with Crippen molar-refractivity contribution in [1.82, 2.24) is 15.1 Å². The molecule has 2 heterocycles. The van der Waals surface area contributed by atoms with Crippen LogP contribution in [0.1, 0.15) is 11.6 Å². The molecule has 2 fully saturated rings. The molecule has 0 aliphatic carbocycles. The topological polar surface area (TPSA) is 70.8 Å². The molecule has 0 bridgehead atoms. The van der Waals surface area contributed by atoms with Crippen molar-refractivity contribution in [3.05, 3.63) is 29.8 Å². The highest BCUT2D eigenvalue weighted by Crippen LogP contribution is 2.26. The molecule has 2 unspecified atom stereocenters. The van der Waals surface area contributed by atoms with Crippen molar-refractivity contribution in [2.75, 3.05) is 39.8 Å². The number of nitrogens with one attached hydrogen (secondary N) is 1. The lowest BCUT2D eigenvalue weighted by Gasteiger charge is -2.40. The lowest BCUT2D eigenvalue weighted by molar-refractivity contribution is 0.0903. The first kappa shape index (κ1) is 14.2. The Balaban J connectivity index is 1.76. The second-order valence-electron chi connectivity index (χ2n) is 5.56. The first-order valence-electron chi connectivity index (χ1n) is 7.35. The van der Waals surface area contributed by atoms with Gasteiger partial charge in [0.25, 0.3) is 0 Å². The molecule has 0 saturated carbocycles. The summed E-state index contributed by atoms with van der Waals surface area (Å²) in [7, 11) is 1.67. The molecule has 2 amide bonds. The zero-order valence-corrected chi connectivity index (χ0v) is 12.3. The lowest BCUT2D eigenvalue weighted by atomic mass is 10.0. The predicted octanol–water partition coefficient (Wildman–Crippen LogP) is 0.404. The summed E-state index contributed by atoms with van der Waals surface area (Å²) in [5, 5.41) is 2.91. The first-order chi connectivity index (χ1) is 10.2. The number of rotatable bonds is 4. The summed E-state index contributed by atoms with van der Waals surface area (Å²) in [5.74, 6) is 0.849. The van der Waals surface area contributed by atoms with Crippen molar-refractivity contribution >= 4 is 6.03 Å². The number of amides is 2. The molecule has 2 aliphatic rings. The number of nitrogens with zero attached hydrogens (tertiary/aromatic N) is 2. The monoisotopic (exact) mass is 290 g/mol. The summed E-state index contributed by atoms with van der Waals surface area (Å²) in [4.78, 5) is 16.0. The standard InChI is InChI=1S/C15H22N4O2/c1-21-13-4-2-3-11(7-13)14(8-16)18-5-6-19-12(10-18)9-17-15(19)20/h2-4,7,12,14H,5-6,8-10,16H2,1H3,(H,17,20). The third kappa shape index (κ3) is 2.69. The van der Waals surface area contributed by atoms with Crippen LogP contribution in [0.25, 0.3) is 0 Å². The number of piperazine rings is 1. The van der Waals surface area contributed by atoms with E-state index in [0.29, 0.717) is 6.54 Å². The Bertz CT molecular complexity index is 522. The maximum absolute atomic E-state index is 11.7. The van der Waals surface area contributed by atoms with Gasteiger partial charge in [0.2, 0.25) is 0 Å². The Morgan fingerprint density at radius 1 is 1.48 bits per heavy atom. The number of carbonyl (C=O) groups is 1. The average Bonchev–Trinajstić information content (AvgIpc) is 2.89. The highest BCUT2D eigenvalue weighted by molar-refractivity contribution is 5.77. The Labute approximate surface area is 124 Å². The number of benzene rings is 1. The summed E-state index contributed by atoms with van der Waals surface area (Å²) >= 11 is 0. The van der Waals surface area contributed by atoms with Crippen molar-refractivity contribution in [3.8, 4) is 5.75 Å². The van der Waals surface area contributed by atoms with Gasteiger partial charge in [0.1, 0.15) is 5.75 Å². The van der Waals surface area contributed by atoms with Crippen LogP contribution in [0.5, 0.6) is 5.75 Å². The molecular weight excluding hydrogens is 268 g/mol. The van der Waals surface area contributed by atoms with E-state index >= 15 is 0 Å². The van der Waals surface area contributed by atoms with Crippen LogP contribution in [0.4, 0.5) is 4.79 Å². The van der Waals surface area contributed by atoms with Gasteiger partial charge in [0.15, 0.2) is 0 Å². The van der Waals surface area contributed by atoms with Gasteiger partial charge < -0.3 is 20.7 Å². The van der Waals surface area contributed by atoms with E-state index in [1.807, 2.05) is 23.1 Å². The fourth-order valence-corrected chi connectivity index (χ4v) is 3.26. The molecule has 6 nitrogen and oxygen atoms in total. The van der Waals surface area contributed by atoms with Crippen LogP contribution >= 0.6 is 0 Å². The van der Waals surface area contributed by atoms with Crippen molar-refractivity contribution in [3.63, 3.8) is 0 Å². The predicted molar refractivity (Wildman–Crippen MR) is 80.3 cm³/mol. The van der Waals surface area contributed by atoms with Crippen molar-refractivity contribution in [2.45, 2.75) is 12.1 Å². The maximum atomic E-state index is 11.7. The number of fused-ring (bicyclic) bond motifs is 1. The minimum absolute atomic E-state index is 0.0605. The molecule has 0 radical (unpaired) electrons. The largest absolute Gasteiger partial charge is 0.497 e. The van der Waals surface area contributed by atoms with Gasteiger partial charge >= 0.3 is 6.03 Å². The molecule has 21 heavy (non-hydrogen) atoms. The maximum Gasteiger partial charge on any atom is 0.317 e. The van der Waals surface area contributed by atoms with Gasteiger partial charge in [-0.25, -0.2) is 4.79 Å². The number of ether oxygens (including phenoxy) is 1. The van der Waals surface area contributed by atoms with Gasteiger partial charge in [0, 0.05) is 38.8 Å². The van der Waals surface area contributed by atoms with Crippen LogP contribution < -0.4 is 15.8 Å². The lowest BCUT2D eigenvalue weighted by Crippen LogP contribution is -2.53. The van der Waals surface area contributed by atoms with E-state index in [-0.39, 0.29) is 18.1 Å². The number of nitrogens with two attached hydrogens (primary N) is 1. The van der Waals surface area contributed by atoms with Crippen LogP contribution in [0, 0.1) is 0 Å². The molecule has 0 spiro atoms. The Hall–Kier alpha value is -1.79. The van der Waals surface area contributed by atoms with Crippen molar-refractivity contribution in [2.24, 2.45) is 5.73 Å². The minimum atomic E-state index is 0.0605. The van der Waals surface area contributed by atoms with E-state index in [1.165, 1.54) is 5.56 Å². The van der Waals surface area contributed by atoms with Crippen molar-refractivity contribution in [1.29, 1.82) is 0 Å². The van der Waals surface area contributed by atoms with Crippen LogP contribution in [0.3, 0.4) is 0 Å². The van der Waals surface area contributed by atoms with E-state index in [0.717, 1.165) is 31.9 Å². The van der Waals surface area contributed by atoms with E-state index in [9.17, 15) is 4.79 Å². The first-order valence-corrected chi connectivity index (χ1v) is 7.35. The van der Waals surface area contributed by atoms with E-state index in [1.54, 1.807) is 7.11 Å². The number of methoxy groups -OCH3 is 1. The molecule has 2 aliphatic heterocycles. The van der Waals surface area contributed by atoms with Crippen LogP contribution in [-0.4, -0.2) is 61.7 Å². The summed E-state index contributed by atoms with van der Waals surface area (Å²) in [6.07, 6.45) is 0. The number of hydrogen-bond acceptors (Lipinski definition) is 4. The quantitative estimate of drug-likeness (QED) is 0.842. The van der Waals surface area contributed by atoms with E-state index in [4.69, 9.17) is 10.5 Å². The second-order valence-corrected chi connectivity index (χ2v) is 5.56. The molecular formula is C15H22N4O2. The van der Waals surface area contributed by atoms with Gasteiger partial charge in [-0.15, -0.1) is 0 Å².